The van der Waals surface area contributed by atoms with E-state index in [9.17, 15) is 0 Å². The predicted molar refractivity (Wildman–Crippen MR) is 96.7 cm³/mol. The Labute approximate surface area is 135 Å². The number of hydrogen-bond donors (Lipinski definition) is 0. The summed E-state index contributed by atoms with van der Waals surface area (Å²) in [6, 6.07) is 14.2. The molecule has 0 amide bonds. The summed E-state index contributed by atoms with van der Waals surface area (Å²) >= 11 is 0. The zero-order valence-electron chi connectivity index (χ0n) is 14.8. The Bertz CT molecular complexity index is 632. The van der Waals surface area contributed by atoms with Crippen molar-refractivity contribution < 1.29 is 0 Å². The lowest BCUT2D eigenvalue weighted by Crippen LogP contribution is -2.06. The quantitative estimate of drug-likeness (QED) is 0.590. The molecule has 1 aliphatic carbocycles. The molecule has 0 aromatic heterocycles. The molecule has 0 nitrogen and oxygen atoms in total. The fourth-order valence-corrected chi connectivity index (χ4v) is 3.77. The lowest BCUT2D eigenvalue weighted by molar-refractivity contribution is 0.571. The molecule has 0 fully saturated rings. The van der Waals surface area contributed by atoms with E-state index >= 15 is 0 Å². The van der Waals surface area contributed by atoms with Gasteiger partial charge in [0, 0.05) is 5.92 Å². The standard InChI is InChI=1S/C22H28/c1-13(2)16-7-9-18-19-10-8-17(14(3)4)12-21(19)22(15(5)6)20(18)11-16/h7-15,22H,1-6H3. The minimum absolute atomic E-state index is 0.544. The van der Waals surface area contributed by atoms with E-state index in [2.05, 4.69) is 77.9 Å². The molecule has 3 rings (SSSR count). The van der Waals surface area contributed by atoms with Gasteiger partial charge in [-0.15, -0.1) is 0 Å². The van der Waals surface area contributed by atoms with Gasteiger partial charge in [0.2, 0.25) is 0 Å². The van der Waals surface area contributed by atoms with Gasteiger partial charge < -0.3 is 0 Å². The van der Waals surface area contributed by atoms with E-state index in [0.717, 1.165) is 0 Å². The zero-order valence-corrected chi connectivity index (χ0v) is 14.8. The Balaban J connectivity index is 2.19. The summed E-state index contributed by atoms with van der Waals surface area (Å²) in [6.07, 6.45) is 0. The smallest absolute Gasteiger partial charge is 0.0125 e. The van der Waals surface area contributed by atoms with Crippen LogP contribution < -0.4 is 0 Å². The number of fused-ring (bicyclic) bond motifs is 3. The van der Waals surface area contributed by atoms with E-state index < -0.39 is 0 Å². The van der Waals surface area contributed by atoms with Crippen molar-refractivity contribution in [1.29, 1.82) is 0 Å². The van der Waals surface area contributed by atoms with Crippen molar-refractivity contribution in [2.45, 2.75) is 59.3 Å². The minimum Gasteiger partial charge on any atom is -0.0619 e. The number of benzene rings is 2. The van der Waals surface area contributed by atoms with E-state index in [1.165, 1.54) is 33.4 Å². The van der Waals surface area contributed by atoms with Crippen LogP contribution in [0.4, 0.5) is 0 Å². The van der Waals surface area contributed by atoms with E-state index in [1.54, 1.807) is 0 Å². The number of rotatable bonds is 3. The fourth-order valence-electron chi connectivity index (χ4n) is 3.77. The van der Waals surface area contributed by atoms with Crippen LogP contribution in [0.3, 0.4) is 0 Å². The second-order valence-corrected chi connectivity index (χ2v) is 7.72. The second-order valence-electron chi connectivity index (χ2n) is 7.72. The molecule has 22 heavy (non-hydrogen) atoms. The largest absolute Gasteiger partial charge is 0.0619 e. The Kier molecular flexibility index (Phi) is 3.89. The summed E-state index contributed by atoms with van der Waals surface area (Å²) in [7, 11) is 0. The van der Waals surface area contributed by atoms with Crippen LogP contribution in [-0.4, -0.2) is 0 Å². The summed E-state index contributed by atoms with van der Waals surface area (Å²) in [5, 5.41) is 0. The van der Waals surface area contributed by atoms with E-state index in [-0.39, 0.29) is 0 Å². The van der Waals surface area contributed by atoms with E-state index in [4.69, 9.17) is 0 Å². The highest BCUT2D eigenvalue weighted by Gasteiger charge is 2.31. The van der Waals surface area contributed by atoms with Crippen LogP contribution in [0.2, 0.25) is 0 Å². The van der Waals surface area contributed by atoms with Crippen LogP contribution in [-0.2, 0) is 0 Å². The van der Waals surface area contributed by atoms with Crippen molar-refractivity contribution in [3.05, 3.63) is 58.7 Å². The maximum Gasteiger partial charge on any atom is 0.0125 e. The van der Waals surface area contributed by atoms with Crippen molar-refractivity contribution in [2.75, 3.05) is 0 Å². The lowest BCUT2D eigenvalue weighted by atomic mass is 9.84. The molecule has 2 aromatic carbocycles. The van der Waals surface area contributed by atoms with Crippen molar-refractivity contribution in [2.24, 2.45) is 5.92 Å². The fraction of sp³-hybridized carbons (Fsp3) is 0.455. The van der Waals surface area contributed by atoms with Gasteiger partial charge in [-0.2, -0.15) is 0 Å². The van der Waals surface area contributed by atoms with Crippen LogP contribution in [0.25, 0.3) is 11.1 Å². The maximum absolute atomic E-state index is 2.46. The van der Waals surface area contributed by atoms with Crippen LogP contribution in [0.1, 0.15) is 81.5 Å². The average Bonchev–Trinajstić information content (AvgIpc) is 2.79. The van der Waals surface area contributed by atoms with Crippen LogP contribution in [0.5, 0.6) is 0 Å². The first-order valence-electron chi connectivity index (χ1n) is 8.68. The Morgan fingerprint density at radius 1 is 0.636 bits per heavy atom. The van der Waals surface area contributed by atoms with E-state index in [0.29, 0.717) is 23.7 Å². The molecule has 0 atom stereocenters. The molecule has 1 aliphatic rings. The molecule has 0 N–H and O–H groups in total. The van der Waals surface area contributed by atoms with Crippen LogP contribution in [0.15, 0.2) is 36.4 Å². The molecule has 2 aromatic rings. The molecule has 0 unspecified atom stereocenters. The van der Waals surface area contributed by atoms with Crippen molar-refractivity contribution in [3.8, 4) is 11.1 Å². The van der Waals surface area contributed by atoms with E-state index in [1.807, 2.05) is 0 Å². The first-order chi connectivity index (χ1) is 10.4. The summed E-state index contributed by atoms with van der Waals surface area (Å²) in [6.45, 7) is 13.8. The summed E-state index contributed by atoms with van der Waals surface area (Å²) in [5.41, 5.74) is 8.90. The molecule has 0 saturated carbocycles. The zero-order chi connectivity index (χ0) is 16.0. The highest BCUT2D eigenvalue weighted by molar-refractivity contribution is 5.79. The Hall–Kier alpha value is -1.56. The average molecular weight is 292 g/mol. The van der Waals surface area contributed by atoms with Gasteiger partial charge in [0.05, 0.1) is 0 Å². The highest BCUT2D eigenvalue weighted by atomic mass is 14.3. The molecular formula is C22H28. The normalized spacial score (nSPS) is 14.0. The highest BCUT2D eigenvalue weighted by Crippen LogP contribution is 2.49. The van der Waals surface area contributed by atoms with Gasteiger partial charge in [0.15, 0.2) is 0 Å². The third-order valence-corrected chi connectivity index (χ3v) is 5.11. The van der Waals surface area contributed by atoms with Crippen molar-refractivity contribution in [3.63, 3.8) is 0 Å². The monoisotopic (exact) mass is 292 g/mol. The van der Waals surface area contributed by atoms with Gasteiger partial charge in [0.1, 0.15) is 0 Å². The Morgan fingerprint density at radius 2 is 1.05 bits per heavy atom. The third kappa shape index (κ3) is 2.39. The predicted octanol–water partition coefficient (Wildman–Crippen LogP) is 6.70. The van der Waals surface area contributed by atoms with Gasteiger partial charge in [-0.1, -0.05) is 77.9 Å². The first-order valence-corrected chi connectivity index (χ1v) is 8.68. The van der Waals surface area contributed by atoms with Crippen LogP contribution in [0, 0.1) is 5.92 Å². The summed E-state index contributed by atoms with van der Waals surface area (Å²) in [4.78, 5) is 0. The van der Waals surface area contributed by atoms with Crippen LogP contribution >= 0.6 is 0 Å². The molecule has 116 valence electrons. The summed E-state index contributed by atoms with van der Waals surface area (Å²) in [5.74, 6) is 2.35. The molecule has 0 radical (unpaired) electrons. The SMILES string of the molecule is CC(C)c1ccc2c(c1)C(C(C)C)c1cc(C(C)C)ccc1-2. The third-order valence-electron chi connectivity index (χ3n) is 5.11. The van der Waals surface area contributed by atoms with Crippen molar-refractivity contribution in [1.82, 2.24) is 0 Å². The van der Waals surface area contributed by atoms with Gasteiger partial charge in [-0.25, -0.2) is 0 Å². The van der Waals surface area contributed by atoms with Gasteiger partial charge in [0.25, 0.3) is 0 Å². The molecule has 0 bridgehead atoms. The maximum atomic E-state index is 2.46. The molecule has 0 spiro atoms. The lowest BCUT2D eigenvalue weighted by Gasteiger charge is -2.20. The van der Waals surface area contributed by atoms with Gasteiger partial charge >= 0.3 is 0 Å². The van der Waals surface area contributed by atoms with Gasteiger partial charge in [-0.3, -0.25) is 0 Å². The Morgan fingerprint density at radius 3 is 1.36 bits per heavy atom. The molecule has 0 heteroatoms. The second kappa shape index (κ2) is 5.57. The summed E-state index contributed by atoms with van der Waals surface area (Å²) < 4.78 is 0. The first kappa shape index (κ1) is 15.3. The molecular weight excluding hydrogens is 264 g/mol. The van der Waals surface area contributed by atoms with Gasteiger partial charge in [-0.05, 0) is 51.1 Å². The molecule has 0 aliphatic heterocycles. The number of hydrogen-bond acceptors (Lipinski definition) is 0. The molecule has 0 heterocycles. The van der Waals surface area contributed by atoms with Crippen molar-refractivity contribution >= 4 is 0 Å². The molecule has 0 saturated heterocycles. The topological polar surface area (TPSA) is 0 Å². The minimum atomic E-state index is 0.544.